The molecule has 0 amide bonds. The van der Waals surface area contributed by atoms with E-state index in [1.807, 2.05) is 0 Å². The number of halogens is 1. The van der Waals surface area contributed by atoms with E-state index in [1.165, 1.54) is 30.5 Å². The fraction of sp³-hybridized carbons (Fsp3) is 0.571. The van der Waals surface area contributed by atoms with E-state index in [-0.39, 0.29) is 0 Å². The molecule has 0 saturated carbocycles. The Morgan fingerprint density at radius 1 is 1.35 bits per heavy atom. The average molecular weight is 298 g/mol. The molecule has 2 rings (SSSR count). The largest absolute Gasteiger partial charge is 0.376 e. The van der Waals surface area contributed by atoms with Crippen LogP contribution in [0.3, 0.4) is 0 Å². The van der Waals surface area contributed by atoms with Crippen molar-refractivity contribution in [3.05, 3.63) is 29.8 Å². The molecule has 1 aromatic carbocycles. The summed E-state index contributed by atoms with van der Waals surface area (Å²) >= 11 is 3.54. The molecule has 0 aromatic heterocycles. The van der Waals surface area contributed by atoms with Crippen molar-refractivity contribution in [1.82, 2.24) is 0 Å². The quantitative estimate of drug-likeness (QED) is 0.788. The Morgan fingerprint density at radius 2 is 2.18 bits per heavy atom. The second-order valence-corrected chi connectivity index (χ2v) is 5.19. The first kappa shape index (κ1) is 12.9. The monoisotopic (exact) mass is 297 g/mol. The van der Waals surface area contributed by atoms with E-state index < -0.39 is 0 Å². The van der Waals surface area contributed by atoms with Crippen molar-refractivity contribution in [2.24, 2.45) is 0 Å². The third-order valence-corrected chi connectivity index (χ3v) is 3.90. The average Bonchev–Trinajstić information content (AvgIpc) is 2.40. The van der Waals surface area contributed by atoms with Gasteiger partial charge in [-0.05, 0) is 30.9 Å². The molecule has 0 spiro atoms. The van der Waals surface area contributed by atoms with Gasteiger partial charge in [-0.3, -0.25) is 0 Å². The van der Waals surface area contributed by atoms with Crippen LogP contribution in [0.15, 0.2) is 24.3 Å². The number of benzene rings is 1. The Hall–Kier alpha value is -0.540. The van der Waals surface area contributed by atoms with Gasteiger partial charge >= 0.3 is 0 Å². The third-order valence-electron chi connectivity index (χ3n) is 3.30. The highest BCUT2D eigenvalue weighted by Crippen LogP contribution is 2.23. The van der Waals surface area contributed by atoms with Crippen LogP contribution >= 0.6 is 15.9 Å². The van der Waals surface area contributed by atoms with Crippen LogP contribution in [0.1, 0.15) is 24.8 Å². The van der Waals surface area contributed by atoms with Gasteiger partial charge in [0.15, 0.2) is 0 Å². The number of hydrogen-bond acceptors (Lipinski definition) is 2. The normalized spacial score (nSPS) is 20.2. The highest BCUT2D eigenvalue weighted by molar-refractivity contribution is 9.08. The third kappa shape index (κ3) is 3.46. The summed E-state index contributed by atoms with van der Waals surface area (Å²) in [6, 6.07) is 8.53. The molecule has 0 bridgehead atoms. The van der Waals surface area contributed by atoms with Crippen molar-refractivity contribution >= 4 is 21.6 Å². The maximum atomic E-state index is 5.79. The molecule has 1 saturated heterocycles. The van der Waals surface area contributed by atoms with E-state index in [2.05, 4.69) is 52.1 Å². The summed E-state index contributed by atoms with van der Waals surface area (Å²) in [7, 11) is 2.15. The molecule has 1 atom stereocenters. The van der Waals surface area contributed by atoms with Gasteiger partial charge in [-0.15, -0.1) is 0 Å². The van der Waals surface area contributed by atoms with Crippen molar-refractivity contribution in [2.45, 2.75) is 30.7 Å². The molecule has 1 aliphatic rings. The SMILES string of the molecule is CN(CC1CCCCO1)c1ccccc1CBr. The predicted molar refractivity (Wildman–Crippen MR) is 75.9 cm³/mol. The molecule has 1 heterocycles. The topological polar surface area (TPSA) is 12.5 Å². The lowest BCUT2D eigenvalue weighted by molar-refractivity contribution is 0.0216. The van der Waals surface area contributed by atoms with E-state index in [9.17, 15) is 0 Å². The van der Waals surface area contributed by atoms with E-state index in [4.69, 9.17) is 4.74 Å². The van der Waals surface area contributed by atoms with Crippen molar-refractivity contribution in [2.75, 3.05) is 25.1 Å². The number of ether oxygens (including phenoxy) is 1. The molecule has 1 aliphatic heterocycles. The number of hydrogen-bond donors (Lipinski definition) is 0. The van der Waals surface area contributed by atoms with Gasteiger partial charge < -0.3 is 9.64 Å². The van der Waals surface area contributed by atoms with Crippen molar-refractivity contribution in [1.29, 1.82) is 0 Å². The lowest BCUT2D eigenvalue weighted by Gasteiger charge is -2.29. The van der Waals surface area contributed by atoms with Gasteiger partial charge in [0.05, 0.1) is 6.10 Å². The van der Waals surface area contributed by atoms with Crippen LogP contribution in [-0.2, 0) is 10.1 Å². The number of rotatable bonds is 4. The van der Waals surface area contributed by atoms with Gasteiger partial charge in [0.25, 0.3) is 0 Å². The van der Waals surface area contributed by atoms with Gasteiger partial charge in [0.1, 0.15) is 0 Å². The summed E-state index contributed by atoms with van der Waals surface area (Å²) in [4.78, 5) is 2.31. The second kappa shape index (κ2) is 6.41. The summed E-state index contributed by atoms with van der Waals surface area (Å²) in [6.45, 7) is 1.92. The zero-order valence-electron chi connectivity index (χ0n) is 10.4. The molecular weight excluding hydrogens is 278 g/mol. The summed E-state index contributed by atoms with van der Waals surface area (Å²) in [5, 5.41) is 0.902. The summed E-state index contributed by atoms with van der Waals surface area (Å²) < 4.78 is 5.79. The summed E-state index contributed by atoms with van der Waals surface area (Å²) in [5.74, 6) is 0. The number of alkyl halides is 1. The number of likely N-dealkylation sites (N-methyl/N-ethyl adjacent to an activating group) is 1. The molecule has 94 valence electrons. The first-order valence-corrected chi connectivity index (χ1v) is 7.40. The van der Waals surface area contributed by atoms with Gasteiger partial charge in [0, 0.05) is 31.2 Å². The van der Waals surface area contributed by atoms with Crippen molar-refractivity contribution < 1.29 is 4.74 Å². The van der Waals surface area contributed by atoms with Crippen LogP contribution in [0.5, 0.6) is 0 Å². The van der Waals surface area contributed by atoms with Gasteiger partial charge in [-0.1, -0.05) is 34.1 Å². The Kier molecular flexibility index (Phi) is 4.86. The molecule has 1 unspecified atom stereocenters. The fourth-order valence-corrected chi connectivity index (χ4v) is 2.83. The van der Waals surface area contributed by atoms with Crippen LogP contribution < -0.4 is 4.90 Å². The smallest absolute Gasteiger partial charge is 0.0749 e. The van der Waals surface area contributed by atoms with E-state index in [1.54, 1.807) is 0 Å². The molecular formula is C14H20BrNO. The van der Waals surface area contributed by atoms with Crippen LogP contribution in [0.2, 0.25) is 0 Å². The molecule has 0 aliphatic carbocycles. The predicted octanol–water partition coefficient (Wildman–Crippen LogP) is 3.59. The number of nitrogens with zero attached hydrogens (tertiary/aromatic N) is 1. The Labute approximate surface area is 112 Å². The maximum absolute atomic E-state index is 5.79. The van der Waals surface area contributed by atoms with Gasteiger partial charge in [0.2, 0.25) is 0 Å². The zero-order valence-corrected chi connectivity index (χ0v) is 11.9. The minimum Gasteiger partial charge on any atom is -0.376 e. The molecule has 0 radical (unpaired) electrons. The molecule has 17 heavy (non-hydrogen) atoms. The van der Waals surface area contributed by atoms with Crippen LogP contribution in [0, 0.1) is 0 Å². The van der Waals surface area contributed by atoms with Crippen molar-refractivity contribution in [3.63, 3.8) is 0 Å². The first-order valence-electron chi connectivity index (χ1n) is 6.28. The summed E-state index contributed by atoms with van der Waals surface area (Å²) in [6.07, 6.45) is 4.12. The minimum absolute atomic E-state index is 0.400. The standard InChI is InChI=1S/C14H20BrNO/c1-16(11-13-7-4-5-9-17-13)14-8-3-2-6-12(14)10-15/h2-3,6,8,13H,4-5,7,9-11H2,1H3. The Bertz CT molecular complexity index is 350. The number of anilines is 1. The molecule has 0 N–H and O–H groups in total. The highest BCUT2D eigenvalue weighted by atomic mass is 79.9. The van der Waals surface area contributed by atoms with Crippen molar-refractivity contribution in [3.8, 4) is 0 Å². The number of para-hydroxylation sites is 1. The van der Waals surface area contributed by atoms with E-state index >= 15 is 0 Å². The minimum atomic E-state index is 0.400. The van der Waals surface area contributed by atoms with Gasteiger partial charge in [-0.2, -0.15) is 0 Å². The lowest BCUT2D eigenvalue weighted by atomic mass is 10.1. The van der Waals surface area contributed by atoms with E-state index in [0.29, 0.717) is 6.10 Å². The fourth-order valence-electron chi connectivity index (χ4n) is 2.35. The molecule has 3 heteroatoms. The highest BCUT2D eigenvalue weighted by Gasteiger charge is 2.17. The Morgan fingerprint density at radius 3 is 2.88 bits per heavy atom. The Balaban J connectivity index is 2.00. The van der Waals surface area contributed by atoms with Crippen LogP contribution in [-0.4, -0.2) is 26.3 Å². The van der Waals surface area contributed by atoms with Crippen LogP contribution in [0.25, 0.3) is 0 Å². The first-order chi connectivity index (χ1) is 8.31. The molecule has 1 aromatic rings. The molecule has 2 nitrogen and oxygen atoms in total. The maximum Gasteiger partial charge on any atom is 0.0749 e. The zero-order chi connectivity index (χ0) is 12.1. The summed E-state index contributed by atoms with van der Waals surface area (Å²) in [5.41, 5.74) is 2.64. The molecule has 1 fully saturated rings. The van der Waals surface area contributed by atoms with E-state index in [0.717, 1.165) is 18.5 Å². The lowest BCUT2D eigenvalue weighted by Crippen LogP contribution is -2.33. The van der Waals surface area contributed by atoms with Crippen LogP contribution in [0.4, 0.5) is 5.69 Å². The van der Waals surface area contributed by atoms with Gasteiger partial charge in [-0.25, -0.2) is 0 Å². The second-order valence-electron chi connectivity index (χ2n) is 4.63.